The summed E-state index contributed by atoms with van der Waals surface area (Å²) < 4.78 is 1.73. The summed E-state index contributed by atoms with van der Waals surface area (Å²) in [6, 6.07) is 0. The molecule has 1 heterocycles. The minimum absolute atomic E-state index is 0.0780. The van der Waals surface area contributed by atoms with Gasteiger partial charge in [-0.2, -0.15) is 5.10 Å². The van der Waals surface area contributed by atoms with Crippen molar-refractivity contribution in [3.63, 3.8) is 0 Å². The first kappa shape index (κ1) is 11.6. The van der Waals surface area contributed by atoms with Crippen molar-refractivity contribution in [3.8, 4) is 0 Å². The Bertz CT molecular complexity index is 448. The number of nitrogens with one attached hydrogen (secondary N) is 1. The van der Waals surface area contributed by atoms with Crippen LogP contribution in [0.2, 0.25) is 0 Å². The molecule has 0 amide bonds. The lowest BCUT2D eigenvalue weighted by molar-refractivity contribution is 0.144. The fourth-order valence-electron chi connectivity index (χ4n) is 1.81. The Kier molecular flexibility index (Phi) is 3.03. The topological polar surface area (TPSA) is 67.2 Å². The molecule has 1 aliphatic carbocycles. The van der Waals surface area contributed by atoms with Crippen LogP contribution in [-0.2, 0) is 7.05 Å². The molecule has 1 saturated carbocycles. The average Bonchev–Trinajstić information content (AvgIpc) is 2.23. The summed E-state index contributed by atoms with van der Waals surface area (Å²) in [5.41, 5.74) is 0.200. The highest BCUT2D eigenvalue weighted by Crippen LogP contribution is 2.35. The average molecular weight is 288 g/mol. The number of halogens is 1. The number of hydrogen-bond donors (Lipinski definition) is 2. The van der Waals surface area contributed by atoms with E-state index in [1.165, 1.54) is 4.68 Å². The number of nitrogens with zero attached hydrogens (tertiary/aromatic N) is 2. The molecule has 1 aromatic heterocycles. The van der Waals surface area contributed by atoms with E-state index in [1.807, 2.05) is 0 Å². The molecule has 0 aliphatic heterocycles. The van der Waals surface area contributed by atoms with Crippen molar-refractivity contribution in [1.82, 2.24) is 9.78 Å². The molecular formula is C10H14BrN3O2. The quantitative estimate of drug-likeness (QED) is 0.866. The van der Waals surface area contributed by atoms with Crippen LogP contribution in [0.25, 0.3) is 0 Å². The number of rotatable bonds is 3. The van der Waals surface area contributed by atoms with Crippen molar-refractivity contribution < 1.29 is 5.11 Å². The molecule has 0 saturated heterocycles. The van der Waals surface area contributed by atoms with E-state index < -0.39 is 0 Å². The third kappa shape index (κ3) is 1.87. The smallest absolute Gasteiger partial charge is 0.282 e. The van der Waals surface area contributed by atoms with Crippen molar-refractivity contribution in [1.29, 1.82) is 0 Å². The normalized spacial score (nSPS) is 17.9. The van der Waals surface area contributed by atoms with Crippen LogP contribution in [0.5, 0.6) is 0 Å². The molecule has 1 aromatic rings. The first-order chi connectivity index (χ1) is 7.58. The zero-order chi connectivity index (χ0) is 11.8. The van der Waals surface area contributed by atoms with Crippen LogP contribution in [0.1, 0.15) is 19.3 Å². The molecule has 6 heteroatoms. The molecule has 0 unspecified atom stereocenters. The first-order valence-corrected chi connectivity index (χ1v) is 5.98. The maximum absolute atomic E-state index is 11.6. The third-order valence-electron chi connectivity index (χ3n) is 3.09. The van der Waals surface area contributed by atoms with Crippen LogP contribution in [0.3, 0.4) is 0 Å². The van der Waals surface area contributed by atoms with Gasteiger partial charge in [0.05, 0.1) is 24.0 Å². The van der Waals surface area contributed by atoms with Crippen LogP contribution in [0.4, 0.5) is 5.69 Å². The van der Waals surface area contributed by atoms with Gasteiger partial charge in [0, 0.05) is 7.05 Å². The van der Waals surface area contributed by atoms with E-state index in [0.717, 1.165) is 19.3 Å². The van der Waals surface area contributed by atoms with Gasteiger partial charge in [0.2, 0.25) is 0 Å². The fourth-order valence-corrected chi connectivity index (χ4v) is 2.27. The van der Waals surface area contributed by atoms with E-state index in [1.54, 1.807) is 13.2 Å². The number of anilines is 1. The van der Waals surface area contributed by atoms with E-state index in [4.69, 9.17) is 0 Å². The lowest BCUT2D eigenvalue weighted by atomic mass is 9.77. The van der Waals surface area contributed by atoms with E-state index in [9.17, 15) is 9.90 Å². The summed E-state index contributed by atoms with van der Waals surface area (Å²) in [4.78, 5) is 11.6. The molecule has 0 spiro atoms. The standard InChI is InChI=1S/C10H14BrN3O2/c1-14-9(16)8(11)7(5-12-14)13-10(6-15)3-2-4-10/h5,13,15H,2-4,6H2,1H3. The van der Waals surface area contributed by atoms with Gasteiger partial charge in [-0.3, -0.25) is 4.79 Å². The minimum atomic E-state index is -0.267. The Morgan fingerprint density at radius 1 is 1.69 bits per heavy atom. The number of hydrogen-bond acceptors (Lipinski definition) is 4. The number of aromatic nitrogens is 2. The Morgan fingerprint density at radius 2 is 2.38 bits per heavy atom. The monoisotopic (exact) mass is 287 g/mol. The summed E-state index contributed by atoms with van der Waals surface area (Å²) in [5.74, 6) is 0. The molecule has 2 rings (SSSR count). The van der Waals surface area contributed by atoms with Gasteiger partial charge in [-0.1, -0.05) is 0 Å². The van der Waals surface area contributed by atoms with Crippen molar-refractivity contribution in [3.05, 3.63) is 21.0 Å². The second-order valence-corrected chi connectivity index (χ2v) is 5.01. The largest absolute Gasteiger partial charge is 0.394 e. The van der Waals surface area contributed by atoms with Gasteiger partial charge in [-0.25, -0.2) is 4.68 Å². The van der Waals surface area contributed by atoms with Crippen LogP contribution in [0, 0.1) is 0 Å². The van der Waals surface area contributed by atoms with Crippen molar-refractivity contribution in [2.24, 2.45) is 7.05 Å². The molecule has 88 valence electrons. The molecule has 2 N–H and O–H groups in total. The second-order valence-electron chi connectivity index (χ2n) is 4.22. The predicted octanol–water partition coefficient (Wildman–Crippen LogP) is 0.870. The third-order valence-corrected chi connectivity index (χ3v) is 3.86. The highest BCUT2D eigenvalue weighted by atomic mass is 79.9. The summed E-state index contributed by atoms with van der Waals surface area (Å²) >= 11 is 3.25. The van der Waals surface area contributed by atoms with E-state index in [-0.39, 0.29) is 17.7 Å². The van der Waals surface area contributed by atoms with Gasteiger partial charge >= 0.3 is 0 Å². The minimum Gasteiger partial charge on any atom is -0.394 e. The first-order valence-electron chi connectivity index (χ1n) is 5.19. The van der Waals surface area contributed by atoms with Crippen LogP contribution >= 0.6 is 15.9 Å². The van der Waals surface area contributed by atoms with Gasteiger partial charge in [0.1, 0.15) is 4.47 Å². The second kappa shape index (κ2) is 4.18. The molecule has 0 atom stereocenters. The number of aryl methyl sites for hydroxylation is 1. The van der Waals surface area contributed by atoms with Gasteiger partial charge in [0.15, 0.2) is 0 Å². The zero-order valence-electron chi connectivity index (χ0n) is 9.03. The Hall–Kier alpha value is -0.880. The maximum atomic E-state index is 11.6. The lowest BCUT2D eigenvalue weighted by Crippen LogP contribution is -2.48. The zero-order valence-corrected chi connectivity index (χ0v) is 10.6. The Balaban J connectivity index is 2.28. The van der Waals surface area contributed by atoms with E-state index in [0.29, 0.717) is 10.2 Å². The summed E-state index contributed by atoms with van der Waals surface area (Å²) in [6.07, 6.45) is 4.54. The highest BCUT2D eigenvalue weighted by molar-refractivity contribution is 9.10. The van der Waals surface area contributed by atoms with Gasteiger partial charge in [-0.05, 0) is 35.2 Å². The fraction of sp³-hybridized carbons (Fsp3) is 0.600. The van der Waals surface area contributed by atoms with Crippen LogP contribution < -0.4 is 10.9 Å². The number of aliphatic hydroxyl groups is 1. The van der Waals surface area contributed by atoms with Gasteiger partial charge < -0.3 is 10.4 Å². The van der Waals surface area contributed by atoms with Crippen molar-refractivity contribution >= 4 is 21.6 Å². The van der Waals surface area contributed by atoms with Crippen LogP contribution in [0.15, 0.2) is 15.5 Å². The predicted molar refractivity (Wildman–Crippen MR) is 64.5 cm³/mol. The lowest BCUT2D eigenvalue weighted by Gasteiger charge is -2.41. The molecule has 5 nitrogen and oxygen atoms in total. The molecule has 0 aromatic carbocycles. The van der Waals surface area contributed by atoms with Gasteiger partial charge in [-0.15, -0.1) is 0 Å². The Labute approximate surface area is 102 Å². The molecular weight excluding hydrogens is 274 g/mol. The van der Waals surface area contributed by atoms with E-state index >= 15 is 0 Å². The Morgan fingerprint density at radius 3 is 2.88 bits per heavy atom. The van der Waals surface area contributed by atoms with Crippen LogP contribution in [-0.4, -0.2) is 27.0 Å². The number of aliphatic hydroxyl groups excluding tert-OH is 1. The van der Waals surface area contributed by atoms with Crippen molar-refractivity contribution in [2.75, 3.05) is 11.9 Å². The summed E-state index contributed by atoms with van der Waals surface area (Å²) in [7, 11) is 1.60. The summed E-state index contributed by atoms with van der Waals surface area (Å²) in [6.45, 7) is 0.0780. The maximum Gasteiger partial charge on any atom is 0.282 e. The molecule has 0 radical (unpaired) electrons. The molecule has 0 bridgehead atoms. The SMILES string of the molecule is Cn1ncc(NC2(CO)CCC2)c(Br)c1=O. The van der Waals surface area contributed by atoms with Crippen molar-refractivity contribution in [2.45, 2.75) is 24.8 Å². The van der Waals surface area contributed by atoms with Gasteiger partial charge in [0.25, 0.3) is 5.56 Å². The molecule has 1 fully saturated rings. The molecule has 16 heavy (non-hydrogen) atoms. The summed E-state index contributed by atoms with van der Waals surface area (Å²) in [5, 5.41) is 16.5. The van der Waals surface area contributed by atoms with E-state index in [2.05, 4.69) is 26.3 Å². The molecule has 1 aliphatic rings. The highest BCUT2D eigenvalue weighted by Gasteiger charge is 2.36.